The largest absolute Gasteiger partial charge is 1.00 e. The molecule has 0 bridgehead atoms. The number of rotatable bonds is 4. The van der Waals surface area contributed by atoms with Gasteiger partial charge in [-0.15, -0.1) is 0 Å². The molecule has 0 aromatic rings. The van der Waals surface area contributed by atoms with Crippen LogP contribution in [-0.2, 0) is 19.7 Å². The van der Waals surface area contributed by atoms with Crippen molar-refractivity contribution in [2.45, 2.75) is 12.2 Å². The van der Waals surface area contributed by atoms with Crippen molar-refractivity contribution in [2.24, 2.45) is 0 Å². The molecular formula is C6H11Na3O7S. The minimum absolute atomic E-state index is 0. The van der Waals surface area contributed by atoms with Gasteiger partial charge in [0, 0.05) is 0 Å². The van der Waals surface area contributed by atoms with Crippen molar-refractivity contribution in [1.29, 1.82) is 0 Å². The van der Waals surface area contributed by atoms with E-state index in [9.17, 15) is 18.0 Å². The maximum atomic E-state index is 10.5. The molecule has 7 nitrogen and oxygen atoms in total. The standard InChI is InChI=1S/C6H8O7S.3Na.3H/c1-2-3(5(7)8)4(6(9)10)14(11,12)13;;;;;;/h2,4H,1H3,(H,7,8)(H,9,10)(H,11,12,13);;;;;;/q;3*+1;3*-1. The average molecular weight is 296 g/mol. The fraction of sp³-hybridized carbons (Fsp3) is 0.333. The Morgan fingerprint density at radius 2 is 1.53 bits per heavy atom. The van der Waals surface area contributed by atoms with Gasteiger partial charge < -0.3 is 14.5 Å². The summed E-state index contributed by atoms with van der Waals surface area (Å²) in [6, 6.07) is 0. The van der Waals surface area contributed by atoms with Gasteiger partial charge in [0.15, 0.2) is 0 Å². The molecule has 17 heavy (non-hydrogen) atoms. The molecular weight excluding hydrogens is 285 g/mol. The van der Waals surface area contributed by atoms with Crippen LogP contribution in [0.1, 0.15) is 11.2 Å². The minimum atomic E-state index is -4.97. The first-order valence-electron chi connectivity index (χ1n) is 3.30. The first-order chi connectivity index (χ1) is 6.21. The van der Waals surface area contributed by atoms with Crippen LogP contribution in [0, 0.1) is 0 Å². The summed E-state index contributed by atoms with van der Waals surface area (Å²) in [4.78, 5) is 20.8. The van der Waals surface area contributed by atoms with Crippen LogP contribution in [0.5, 0.6) is 0 Å². The van der Waals surface area contributed by atoms with Gasteiger partial charge in [0.05, 0.1) is 5.57 Å². The molecule has 3 N–H and O–H groups in total. The van der Waals surface area contributed by atoms with Crippen LogP contribution < -0.4 is 88.7 Å². The van der Waals surface area contributed by atoms with E-state index in [1.165, 1.54) is 0 Å². The average Bonchev–Trinajstić information content (AvgIpc) is 1.95. The van der Waals surface area contributed by atoms with E-state index < -0.39 is 32.9 Å². The van der Waals surface area contributed by atoms with Gasteiger partial charge in [-0.25, -0.2) is 4.79 Å². The van der Waals surface area contributed by atoms with Crippen LogP contribution in [0.2, 0.25) is 0 Å². The number of carboxylic acid groups (broad SMARTS) is 2. The van der Waals surface area contributed by atoms with E-state index in [0.29, 0.717) is 0 Å². The quantitative estimate of drug-likeness (QED) is 0.267. The second-order valence-electron chi connectivity index (χ2n) is 2.28. The zero-order valence-corrected chi connectivity index (χ0v) is 16.9. The summed E-state index contributed by atoms with van der Waals surface area (Å²) in [5, 5.41) is 14.4. The summed E-state index contributed by atoms with van der Waals surface area (Å²) in [6.45, 7) is 1.16. The van der Waals surface area contributed by atoms with Crippen molar-refractivity contribution in [3.05, 3.63) is 11.6 Å². The maximum Gasteiger partial charge on any atom is 1.00 e. The second-order valence-corrected chi connectivity index (χ2v) is 3.78. The minimum Gasteiger partial charge on any atom is -1.00 e. The Kier molecular flexibility index (Phi) is 18.2. The molecule has 11 heteroatoms. The van der Waals surface area contributed by atoms with Crippen LogP contribution in [0.3, 0.4) is 0 Å². The van der Waals surface area contributed by atoms with Crippen molar-refractivity contribution in [3.8, 4) is 0 Å². The smallest absolute Gasteiger partial charge is 1.00 e. The molecule has 0 saturated carbocycles. The molecule has 0 rings (SSSR count). The number of hydrogen-bond acceptors (Lipinski definition) is 4. The molecule has 0 radical (unpaired) electrons. The summed E-state index contributed by atoms with van der Waals surface area (Å²) >= 11 is 0. The van der Waals surface area contributed by atoms with E-state index in [2.05, 4.69) is 0 Å². The number of hydrogen-bond donors (Lipinski definition) is 3. The van der Waals surface area contributed by atoms with Crippen LogP contribution in [0.4, 0.5) is 0 Å². The van der Waals surface area contributed by atoms with E-state index in [0.717, 1.165) is 13.0 Å². The third-order valence-corrected chi connectivity index (χ3v) is 2.41. The first-order valence-corrected chi connectivity index (χ1v) is 4.80. The normalized spacial score (nSPS) is 12.2. The second kappa shape index (κ2) is 11.4. The topological polar surface area (TPSA) is 129 Å². The fourth-order valence-corrected chi connectivity index (χ4v) is 1.62. The predicted molar refractivity (Wildman–Crippen MR) is 47.7 cm³/mol. The van der Waals surface area contributed by atoms with Crippen molar-refractivity contribution in [1.82, 2.24) is 0 Å². The van der Waals surface area contributed by atoms with Crippen LogP contribution >= 0.6 is 0 Å². The third-order valence-electron chi connectivity index (χ3n) is 1.36. The van der Waals surface area contributed by atoms with Crippen molar-refractivity contribution >= 4 is 22.1 Å². The van der Waals surface area contributed by atoms with E-state index in [1.807, 2.05) is 0 Å². The van der Waals surface area contributed by atoms with Crippen molar-refractivity contribution in [2.75, 3.05) is 0 Å². The summed E-state index contributed by atoms with van der Waals surface area (Å²) < 4.78 is 29.6. The summed E-state index contributed by atoms with van der Waals surface area (Å²) in [6.07, 6.45) is 0.800. The maximum absolute atomic E-state index is 10.5. The summed E-state index contributed by atoms with van der Waals surface area (Å²) in [5.41, 5.74) is -0.903. The molecule has 0 heterocycles. The molecule has 0 spiro atoms. The van der Waals surface area contributed by atoms with Crippen LogP contribution in [-0.4, -0.2) is 40.4 Å². The van der Waals surface area contributed by atoms with E-state index in [-0.39, 0.29) is 93.0 Å². The van der Waals surface area contributed by atoms with E-state index in [1.54, 1.807) is 0 Å². The van der Waals surface area contributed by atoms with Gasteiger partial charge in [0.25, 0.3) is 10.1 Å². The molecule has 0 aliphatic heterocycles. The van der Waals surface area contributed by atoms with E-state index >= 15 is 0 Å². The van der Waals surface area contributed by atoms with Gasteiger partial charge in [-0.3, -0.25) is 9.35 Å². The van der Waals surface area contributed by atoms with Gasteiger partial charge in [0.1, 0.15) is 0 Å². The Bertz CT molecular complexity index is 401. The number of allylic oxidation sites excluding steroid dienone is 1. The van der Waals surface area contributed by atoms with E-state index in [4.69, 9.17) is 14.8 Å². The first kappa shape index (κ1) is 27.0. The number of aliphatic carboxylic acids is 2. The third kappa shape index (κ3) is 9.17. The molecule has 1 unspecified atom stereocenters. The zero-order chi connectivity index (χ0) is 11.5. The summed E-state index contributed by atoms with van der Waals surface area (Å²) in [7, 11) is -4.97. The monoisotopic (exact) mass is 296 g/mol. The number of carbonyl (C=O) groups is 2. The molecule has 0 aromatic carbocycles. The van der Waals surface area contributed by atoms with Gasteiger partial charge >= 0.3 is 101 Å². The Balaban J connectivity index is -0.0000000563. The Labute approximate surface area is 169 Å². The molecule has 0 amide bonds. The molecule has 0 saturated heterocycles. The molecule has 1 atom stereocenters. The molecule has 0 aliphatic rings. The Morgan fingerprint density at radius 3 is 1.59 bits per heavy atom. The van der Waals surface area contributed by atoms with Gasteiger partial charge in [-0.1, -0.05) is 6.08 Å². The van der Waals surface area contributed by atoms with Crippen LogP contribution in [0.25, 0.3) is 0 Å². The summed E-state index contributed by atoms with van der Waals surface area (Å²) in [5.74, 6) is -3.65. The van der Waals surface area contributed by atoms with Gasteiger partial charge in [-0.2, -0.15) is 8.42 Å². The molecule has 0 fully saturated rings. The van der Waals surface area contributed by atoms with Gasteiger partial charge in [0.2, 0.25) is 5.25 Å². The predicted octanol–water partition coefficient (Wildman–Crippen LogP) is -9.29. The molecule has 86 valence electrons. The van der Waals surface area contributed by atoms with Crippen molar-refractivity contribution in [3.63, 3.8) is 0 Å². The van der Waals surface area contributed by atoms with Crippen molar-refractivity contribution < 1.29 is 126 Å². The Morgan fingerprint density at radius 1 is 1.18 bits per heavy atom. The van der Waals surface area contributed by atoms with Gasteiger partial charge in [-0.05, 0) is 6.92 Å². The molecule has 0 aliphatic carbocycles. The zero-order valence-electron chi connectivity index (χ0n) is 13.0. The number of carboxylic acids is 2. The Hall–Kier alpha value is 1.59. The van der Waals surface area contributed by atoms with Crippen LogP contribution in [0.15, 0.2) is 11.6 Å². The SMILES string of the molecule is CC=C(C(=O)O)C(C(=O)O)S(=O)(=O)O.[H-].[H-].[H-].[Na+].[Na+].[Na+]. The molecule has 0 aromatic heterocycles. The fourth-order valence-electron chi connectivity index (χ4n) is 0.808.